The number of rotatable bonds is 5. The molecule has 0 aliphatic carbocycles. The van der Waals surface area contributed by atoms with Crippen LogP contribution < -0.4 is 23.5 Å². The van der Waals surface area contributed by atoms with Crippen molar-refractivity contribution in [3.63, 3.8) is 0 Å². The van der Waals surface area contributed by atoms with Gasteiger partial charge in [0, 0.05) is 43.4 Å². The molecule has 0 radical (unpaired) electrons. The first-order valence-corrected chi connectivity index (χ1v) is 7.22. The summed E-state index contributed by atoms with van der Waals surface area (Å²) in [5.74, 6) is 0.122. The number of anilines is 1. The van der Waals surface area contributed by atoms with Crippen LogP contribution in [0.5, 0.6) is 0 Å². The molecule has 2 heterocycles. The summed E-state index contributed by atoms with van der Waals surface area (Å²) < 4.78 is 6.88. The first-order chi connectivity index (χ1) is 11.2. The highest BCUT2D eigenvalue weighted by Gasteiger charge is 2.09. The Hall–Kier alpha value is -2.64. The van der Waals surface area contributed by atoms with Gasteiger partial charge in [0.15, 0.2) is 0 Å². The number of carbonyl (C=O) groups excluding carboxylic acids is 1. The van der Waals surface area contributed by atoms with E-state index in [1.807, 2.05) is 43.7 Å². The standard InChI is InChI=1S/C16H17N5O2.ClH/c1-21-10-13(9-18-21)11-2-4-12(5-3-11)14-8-16(23-20-14)19-15(22)6-7-17;/h2-5,8-10H,6-7,17H2,1H3,(H,19,22);1H. The van der Waals surface area contributed by atoms with E-state index in [1.165, 1.54) is 0 Å². The number of aryl methyl sites for hydroxylation is 1. The lowest BCUT2D eigenvalue weighted by Gasteiger charge is -1.99. The van der Waals surface area contributed by atoms with Gasteiger partial charge in [0.2, 0.25) is 11.8 Å². The molecule has 0 unspecified atom stereocenters. The Morgan fingerprint density at radius 3 is 2.62 bits per heavy atom. The number of carbonyl (C=O) groups is 1. The average molecular weight is 348 g/mol. The van der Waals surface area contributed by atoms with Crippen LogP contribution in [0.1, 0.15) is 7.85 Å². The van der Waals surface area contributed by atoms with Crippen molar-refractivity contribution in [2.24, 2.45) is 12.8 Å². The molecule has 2 aromatic heterocycles. The number of aromatic nitrogens is 3. The smallest absolute Gasteiger partial charge is 1.00 e. The number of hydrogen-bond acceptors (Lipinski definition) is 5. The topological polar surface area (TPSA) is 99.0 Å². The highest BCUT2D eigenvalue weighted by molar-refractivity contribution is 5.89. The highest BCUT2D eigenvalue weighted by Crippen LogP contribution is 2.25. The molecule has 0 aliphatic heterocycles. The van der Waals surface area contributed by atoms with Gasteiger partial charge in [0.05, 0.1) is 6.20 Å². The third-order valence-corrected chi connectivity index (χ3v) is 3.36. The second kappa shape index (κ2) is 7.76. The molecule has 1 amide bonds. The SMILES string of the molecule is Cn1cc(-c2ccc(-c3cc(NC(=O)CCN)on3)cc2)cn1.[Cl-].[H+]. The van der Waals surface area contributed by atoms with Crippen LogP contribution in [-0.4, -0.2) is 27.4 Å². The van der Waals surface area contributed by atoms with E-state index in [-0.39, 0.29) is 26.2 Å². The molecule has 3 N–H and O–H groups in total. The van der Waals surface area contributed by atoms with Crippen LogP contribution in [0.3, 0.4) is 0 Å². The molecule has 0 fully saturated rings. The summed E-state index contributed by atoms with van der Waals surface area (Å²) in [7, 11) is 1.88. The van der Waals surface area contributed by atoms with Crippen molar-refractivity contribution >= 4 is 11.8 Å². The van der Waals surface area contributed by atoms with Gasteiger partial charge in [0.25, 0.3) is 0 Å². The zero-order chi connectivity index (χ0) is 16.2. The van der Waals surface area contributed by atoms with Crippen molar-refractivity contribution in [2.45, 2.75) is 6.42 Å². The Morgan fingerprint density at radius 1 is 1.29 bits per heavy atom. The Morgan fingerprint density at radius 2 is 2.00 bits per heavy atom. The molecule has 1 aromatic carbocycles. The molecular formula is C16H18ClN5O2. The van der Waals surface area contributed by atoms with Gasteiger partial charge in [-0.15, -0.1) is 0 Å². The second-order valence-corrected chi connectivity index (χ2v) is 5.14. The Kier molecular flexibility index (Phi) is 5.73. The van der Waals surface area contributed by atoms with Crippen molar-refractivity contribution in [3.8, 4) is 22.4 Å². The summed E-state index contributed by atoms with van der Waals surface area (Å²) >= 11 is 0. The van der Waals surface area contributed by atoms with Gasteiger partial charge in [-0.05, 0) is 5.56 Å². The zero-order valence-electron chi connectivity index (χ0n) is 14.1. The first kappa shape index (κ1) is 17.7. The third-order valence-electron chi connectivity index (χ3n) is 3.36. The van der Waals surface area contributed by atoms with Gasteiger partial charge in [-0.3, -0.25) is 14.8 Å². The molecule has 3 aromatic rings. The third kappa shape index (κ3) is 4.01. The van der Waals surface area contributed by atoms with E-state index in [0.29, 0.717) is 18.1 Å². The van der Waals surface area contributed by atoms with Crippen LogP contribution in [-0.2, 0) is 11.8 Å². The fraction of sp³-hybridized carbons (Fsp3) is 0.188. The molecule has 8 heteroatoms. The maximum absolute atomic E-state index is 11.5. The number of nitrogens with one attached hydrogen (secondary N) is 1. The number of hydrogen-bond donors (Lipinski definition) is 2. The van der Waals surface area contributed by atoms with E-state index in [0.717, 1.165) is 16.7 Å². The summed E-state index contributed by atoms with van der Waals surface area (Å²) in [5, 5.41) is 10.7. The normalized spacial score (nSPS) is 10.2. The minimum Gasteiger partial charge on any atom is -1.00 e. The minimum atomic E-state index is -0.192. The monoisotopic (exact) mass is 347 g/mol. The van der Waals surface area contributed by atoms with E-state index in [2.05, 4.69) is 15.6 Å². The molecule has 7 nitrogen and oxygen atoms in total. The number of nitrogens with zero attached hydrogens (tertiary/aromatic N) is 3. The van der Waals surface area contributed by atoms with Gasteiger partial charge >= 0.3 is 1.43 Å². The van der Waals surface area contributed by atoms with Gasteiger partial charge < -0.3 is 22.7 Å². The quantitative estimate of drug-likeness (QED) is 0.626. The van der Waals surface area contributed by atoms with E-state index in [4.69, 9.17) is 10.3 Å². The maximum Gasteiger partial charge on any atom is 1.00 e. The molecule has 24 heavy (non-hydrogen) atoms. The van der Waals surface area contributed by atoms with Gasteiger partial charge in [-0.25, -0.2) is 0 Å². The first-order valence-electron chi connectivity index (χ1n) is 7.22. The van der Waals surface area contributed by atoms with Crippen molar-refractivity contribution in [1.82, 2.24) is 14.9 Å². The van der Waals surface area contributed by atoms with Crippen LogP contribution in [0.15, 0.2) is 47.2 Å². The molecular weight excluding hydrogens is 330 g/mol. The van der Waals surface area contributed by atoms with Gasteiger partial charge in [0.1, 0.15) is 5.69 Å². The molecule has 0 bridgehead atoms. The average Bonchev–Trinajstić information content (AvgIpc) is 3.17. The Labute approximate surface area is 146 Å². The predicted octanol–water partition coefficient (Wildman–Crippen LogP) is -0.854. The Bertz CT molecular complexity index is 816. The van der Waals surface area contributed by atoms with Gasteiger partial charge in [-0.2, -0.15) is 5.10 Å². The lowest BCUT2D eigenvalue weighted by molar-refractivity contribution is -0.116. The molecule has 0 spiro atoms. The minimum absolute atomic E-state index is 0. The molecule has 0 saturated heterocycles. The Balaban J connectivity index is 0.00000156. The molecule has 3 rings (SSSR count). The fourth-order valence-corrected chi connectivity index (χ4v) is 2.20. The molecule has 0 aliphatic rings. The molecule has 126 valence electrons. The number of amides is 1. The van der Waals surface area contributed by atoms with Crippen molar-refractivity contribution < 1.29 is 23.2 Å². The largest absolute Gasteiger partial charge is 1.00 e. The van der Waals surface area contributed by atoms with Crippen LogP contribution in [0, 0.1) is 0 Å². The second-order valence-electron chi connectivity index (χ2n) is 5.14. The van der Waals surface area contributed by atoms with E-state index in [1.54, 1.807) is 10.7 Å². The summed E-state index contributed by atoms with van der Waals surface area (Å²) in [6, 6.07) is 9.58. The lowest BCUT2D eigenvalue weighted by Crippen LogP contribution is -3.00. The summed E-state index contributed by atoms with van der Waals surface area (Å²) in [5.41, 5.74) is 9.01. The van der Waals surface area contributed by atoms with Crippen LogP contribution >= 0.6 is 0 Å². The highest BCUT2D eigenvalue weighted by atomic mass is 35.5. The maximum atomic E-state index is 11.5. The summed E-state index contributed by atoms with van der Waals surface area (Å²) in [6.07, 6.45) is 4.02. The molecule has 0 saturated carbocycles. The molecule has 0 atom stereocenters. The van der Waals surface area contributed by atoms with Crippen LogP contribution in [0.2, 0.25) is 0 Å². The zero-order valence-corrected chi connectivity index (χ0v) is 13.8. The van der Waals surface area contributed by atoms with Crippen molar-refractivity contribution in [3.05, 3.63) is 42.7 Å². The van der Waals surface area contributed by atoms with Crippen molar-refractivity contribution in [2.75, 3.05) is 11.9 Å². The predicted molar refractivity (Wildman–Crippen MR) is 87.6 cm³/mol. The lowest BCUT2D eigenvalue weighted by atomic mass is 10.1. The van der Waals surface area contributed by atoms with E-state index < -0.39 is 0 Å². The van der Waals surface area contributed by atoms with Crippen LogP contribution in [0.25, 0.3) is 22.4 Å². The fourth-order valence-electron chi connectivity index (χ4n) is 2.20. The summed E-state index contributed by atoms with van der Waals surface area (Å²) in [6.45, 7) is 0.294. The summed E-state index contributed by atoms with van der Waals surface area (Å²) in [4.78, 5) is 11.5. The van der Waals surface area contributed by atoms with Crippen molar-refractivity contribution in [1.29, 1.82) is 0 Å². The number of benzene rings is 1. The van der Waals surface area contributed by atoms with Crippen LogP contribution in [0.4, 0.5) is 5.88 Å². The van der Waals surface area contributed by atoms with E-state index in [9.17, 15) is 4.79 Å². The van der Waals surface area contributed by atoms with E-state index >= 15 is 0 Å². The van der Waals surface area contributed by atoms with Gasteiger partial charge in [-0.1, -0.05) is 29.4 Å². The number of halogens is 1. The number of nitrogens with two attached hydrogens (primary N) is 1.